The lowest BCUT2D eigenvalue weighted by atomic mass is 10.4. The van der Waals surface area contributed by atoms with Gasteiger partial charge in [-0.3, -0.25) is 10.2 Å². The van der Waals surface area contributed by atoms with E-state index >= 15 is 0 Å². The molecule has 1 heterocycles. The van der Waals surface area contributed by atoms with Gasteiger partial charge >= 0.3 is 0 Å². The van der Waals surface area contributed by atoms with Crippen LogP contribution in [0.15, 0.2) is 12.2 Å². The van der Waals surface area contributed by atoms with Crippen LogP contribution in [-0.2, 0) is 4.79 Å². The molecule has 0 atom stereocenters. The van der Waals surface area contributed by atoms with Crippen LogP contribution in [0.25, 0.3) is 0 Å². The van der Waals surface area contributed by atoms with Gasteiger partial charge in [-0.1, -0.05) is 6.08 Å². The molecule has 0 aliphatic carbocycles. The molecule has 1 rings (SSSR count). The van der Waals surface area contributed by atoms with E-state index in [0.29, 0.717) is 6.54 Å². The highest BCUT2D eigenvalue weighted by Gasteiger charge is 2.14. The molecule has 1 aliphatic heterocycles. The molecule has 1 saturated heterocycles. The quantitative estimate of drug-likeness (QED) is 0.558. The predicted octanol–water partition coefficient (Wildman–Crippen LogP) is -1.22. The van der Waals surface area contributed by atoms with Crippen LogP contribution in [0.4, 0.5) is 0 Å². The molecule has 5 nitrogen and oxygen atoms in total. The second-order valence-electron chi connectivity index (χ2n) is 3.40. The molecular formula is C9H18N4O. The van der Waals surface area contributed by atoms with Gasteiger partial charge in [0.2, 0.25) is 0 Å². The number of hydrogen-bond acceptors (Lipinski definition) is 4. The summed E-state index contributed by atoms with van der Waals surface area (Å²) in [7, 11) is 2.08. The Bertz CT molecular complexity index is 209. The maximum atomic E-state index is 11.2. The lowest BCUT2D eigenvalue weighted by molar-refractivity contribution is -0.121. The molecule has 0 saturated carbocycles. The number of nitrogens with two attached hydrogens (primary N) is 1. The molecule has 5 heteroatoms. The lowest BCUT2D eigenvalue weighted by Crippen LogP contribution is -2.52. The molecule has 1 amide bonds. The Morgan fingerprint density at radius 2 is 2.07 bits per heavy atom. The van der Waals surface area contributed by atoms with Crippen molar-refractivity contribution in [2.45, 2.75) is 0 Å². The number of rotatable bonds is 3. The summed E-state index contributed by atoms with van der Waals surface area (Å²) in [5, 5.41) is 1.93. The first-order valence-corrected chi connectivity index (χ1v) is 4.83. The Balaban J connectivity index is 2.24. The van der Waals surface area contributed by atoms with Gasteiger partial charge in [0.1, 0.15) is 0 Å². The van der Waals surface area contributed by atoms with Crippen LogP contribution in [0.3, 0.4) is 0 Å². The number of hydrogen-bond donors (Lipinski definition) is 2. The lowest BCUT2D eigenvalue weighted by Gasteiger charge is -2.31. The minimum Gasteiger partial charge on any atom is -0.327 e. The predicted molar refractivity (Wildman–Crippen MR) is 55.4 cm³/mol. The van der Waals surface area contributed by atoms with Crippen molar-refractivity contribution in [3.8, 4) is 0 Å². The molecule has 0 aromatic rings. The van der Waals surface area contributed by atoms with Gasteiger partial charge in [0, 0.05) is 38.8 Å². The van der Waals surface area contributed by atoms with Crippen LogP contribution in [0.5, 0.6) is 0 Å². The summed E-state index contributed by atoms with van der Waals surface area (Å²) >= 11 is 0. The van der Waals surface area contributed by atoms with Crippen molar-refractivity contribution in [1.82, 2.24) is 15.3 Å². The van der Waals surface area contributed by atoms with Gasteiger partial charge in [0.05, 0.1) is 0 Å². The van der Waals surface area contributed by atoms with Gasteiger partial charge in [0.25, 0.3) is 5.91 Å². The molecule has 0 aromatic heterocycles. The SMILES string of the molecule is CN1CCN(NC(=O)/C=C/CN)CC1. The third-order valence-electron chi connectivity index (χ3n) is 2.18. The number of carbonyl (C=O) groups is 1. The van der Waals surface area contributed by atoms with Crippen molar-refractivity contribution in [3.63, 3.8) is 0 Å². The van der Waals surface area contributed by atoms with E-state index < -0.39 is 0 Å². The number of likely N-dealkylation sites (N-methyl/N-ethyl adjacent to an activating group) is 1. The summed E-state index contributed by atoms with van der Waals surface area (Å²) in [5.74, 6) is -0.0972. The number of nitrogens with one attached hydrogen (secondary N) is 1. The van der Waals surface area contributed by atoms with E-state index in [-0.39, 0.29) is 5.91 Å². The zero-order chi connectivity index (χ0) is 10.4. The van der Waals surface area contributed by atoms with Crippen LogP contribution in [0.1, 0.15) is 0 Å². The summed E-state index contributed by atoms with van der Waals surface area (Å²) in [4.78, 5) is 13.5. The first kappa shape index (κ1) is 11.2. The van der Waals surface area contributed by atoms with Crippen molar-refractivity contribution in [1.29, 1.82) is 0 Å². The topological polar surface area (TPSA) is 61.6 Å². The van der Waals surface area contributed by atoms with Gasteiger partial charge in [-0.15, -0.1) is 0 Å². The van der Waals surface area contributed by atoms with Crippen LogP contribution in [-0.4, -0.2) is 55.6 Å². The monoisotopic (exact) mass is 198 g/mol. The first-order chi connectivity index (χ1) is 6.72. The second-order valence-corrected chi connectivity index (χ2v) is 3.40. The van der Waals surface area contributed by atoms with Crippen LogP contribution >= 0.6 is 0 Å². The smallest absolute Gasteiger partial charge is 0.258 e. The molecule has 1 aliphatic rings. The minimum absolute atomic E-state index is 0.0972. The Morgan fingerprint density at radius 3 is 2.64 bits per heavy atom. The van der Waals surface area contributed by atoms with Gasteiger partial charge < -0.3 is 10.6 Å². The molecule has 0 unspecified atom stereocenters. The van der Waals surface area contributed by atoms with Gasteiger partial charge in [-0.2, -0.15) is 0 Å². The van der Waals surface area contributed by atoms with E-state index in [1.54, 1.807) is 6.08 Å². The highest BCUT2D eigenvalue weighted by Crippen LogP contribution is 1.95. The standard InChI is InChI=1S/C9H18N4O/c1-12-5-7-13(8-6-12)11-9(14)3-2-4-10/h2-3H,4-8,10H2,1H3,(H,11,14)/b3-2+. The van der Waals surface area contributed by atoms with Gasteiger partial charge in [-0.05, 0) is 7.05 Å². The fourth-order valence-corrected chi connectivity index (χ4v) is 1.29. The number of nitrogens with zero attached hydrogens (tertiary/aromatic N) is 2. The zero-order valence-corrected chi connectivity index (χ0v) is 8.57. The maximum absolute atomic E-state index is 11.2. The molecule has 0 radical (unpaired) electrons. The zero-order valence-electron chi connectivity index (χ0n) is 8.57. The molecule has 0 bridgehead atoms. The average Bonchev–Trinajstić information content (AvgIpc) is 2.18. The highest BCUT2D eigenvalue weighted by molar-refractivity contribution is 5.87. The van der Waals surface area contributed by atoms with Gasteiger partial charge in [-0.25, -0.2) is 5.01 Å². The Labute approximate surface area is 84.5 Å². The van der Waals surface area contributed by atoms with Crippen molar-refractivity contribution in [2.75, 3.05) is 39.8 Å². The number of piperazine rings is 1. The average molecular weight is 198 g/mol. The molecule has 0 spiro atoms. The fraction of sp³-hybridized carbons (Fsp3) is 0.667. The van der Waals surface area contributed by atoms with E-state index in [1.807, 2.05) is 5.01 Å². The summed E-state index contributed by atoms with van der Waals surface area (Å²) in [6.07, 6.45) is 3.11. The van der Waals surface area contributed by atoms with E-state index in [0.717, 1.165) is 26.2 Å². The third kappa shape index (κ3) is 3.87. The minimum atomic E-state index is -0.0972. The molecule has 0 aromatic carbocycles. The third-order valence-corrected chi connectivity index (χ3v) is 2.18. The summed E-state index contributed by atoms with van der Waals surface area (Å²) in [5.41, 5.74) is 8.04. The van der Waals surface area contributed by atoms with Gasteiger partial charge in [0.15, 0.2) is 0 Å². The Kier molecular flexibility index (Phi) is 4.58. The highest BCUT2D eigenvalue weighted by atomic mass is 16.2. The van der Waals surface area contributed by atoms with Crippen molar-refractivity contribution in [3.05, 3.63) is 12.2 Å². The maximum Gasteiger partial charge on any atom is 0.258 e. The summed E-state index contributed by atoms with van der Waals surface area (Å²) < 4.78 is 0. The number of hydrazine groups is 1. The molecular weight excluding hydrogens is 180 g/mol. The van der Waals surface area contributed by atoms with Crippen molar-refractivity contribution < 1.29 is 4.79 Å². The molecule has 80 valence electrons. The number of carbonyl (C=O) groups excluding carboxylic acids is 1. The van der Waals surface area contributed by atoms with E-state index in [4.69, 9.17) is 5.73 Å². The molecule has 3 N–H and O–H groups in total. The van der Waals surface area contributed by atoms with Crippen molar-refractivity contribution in [2.24, 2.45) is 5.73 Å². The molecule has 1 fully saturated rings. The largest absolute Gasteiger partial charge is 0.327 e. The Hall–Kier alpha value is -0.910. The van der Waals surface area contributed by atoms with E-state index in [1.165, 1.54) is 6.08 Å². The van der Waals surface area contributed by atoms with Crippen molar-refractivity contribution >= 4 is 5.91 Å². The fourth-order valence-electron chi connectivity index (χ4n) is 1.29. The molecule has 14 heavy (non-hydrogen) atoms. The summed E-state index contributed by atoms with van der Waals surface area (Å²) in [6.45, 7) is 4.12. The second kappa shape index (κ2) is 5.74. The normalized spacial score (nSPS) is 20.1. The van der Waals surface area contributed by atoms with E-state index in [2.05, 4.69) is 17.4 Å². The Morgan fingerprint density at radius 1 is 1.43 bits per heavy atom. The summed E-state index contributed by atoms with van der Waals surface area (Å²) in [6, 6.07) is 0. The van der Waals surface area contributed by atoms with Crippen LogP contribution < -0.4 is 11.2 Å². The first-order valence-electron chi connectivity index (χ1n) is 4.83. The van der Waals surface area contributed by atoms with Crippen LogP contribution in [0, 0.1) is 0 Å². The van der Waals surface area contributed by atoms with Crippen LogP contribution in [0.2, 0.25) is 0 Å². The number of amides is 1. The van der Waals surface area contributed by atoms with E-state index in [9.17, 15) is 4.79 Å².